The average Bonchev–Trinajstić information content (AvgIpc) is 2.84. The number of nitrogens with zero attached hydrogens (tertiary/aromatic N) is 1. The zero-order valence-electron chi connectivity index (χ0n) is 12.4. The first-order valence-electron chi connectivity index (χ1n) is 6.90. The summed E-state index contributed by atoms with van der Waals surface area (Å²) in [6.07, 6.45) is 1.76. The summed E-state index contributed by atoms with van der Waals surface area (Å²) in [7, 11) is 1.94. The van der Waals surface area contributed by atoms with Crippen LogP contribution in [0.2, 0.25) is 0 Å². The van der Waals surface area contributed by atoms with Gasteiger partial charge in [0, 0.05) is 12.6 Å². The van der Waals surface area contributed by atoms with Crippen LogP contribution in [0.4, 0.5) is 0 Å². The lowest BCUT2D eigenvalue weighted by molar-refractivity contribution is -0.301. The summed E-state index contributed by atoms with van der Waals surface area (Å²) in [5, 5.41) is 22.1. The van der Waals surface area contributed by atoms with E-state index in [9.17, 15) is 24.6 Å². The number of carboxylic acids is 2. The summed E-state index contributed by atoms with van der Waals surface area (Å²) in [6, 6.07) is 6.40. The topological polar surface area (TPSA) is 130 Å². The number of benzene rings is 1. The van der Waals surface area contributed by atoms with Crippen LogP contribution in [0.3, 0.4) is 0 Å². The van der Waals surface area contributed by atoms with E-state index in [1.165, 1.54) is 5.56 Å². The minimum atomic E-state index is -1.55. The molecule has 122 valence electrons. The van der Waals surface area contributed by atoms with Crippen LogP contribution in [0, 0.1) is 0 Å². The molecule has 1 atom stereocenters. The van der Waals surface area contributed by atoms with Gasteiger partial charge >= 0.3 is 5.69 Å². The molecule has 1 aromatic heterocycles. The molecular weight excluding hydrogens is 302 g/mol. The van der Waals surface area contributed by atoms with E-state index in [0.29, 0.717) is 18.2 Å². The van der Waals surface area contributed by atoms with E-state index in [1.54, 1.807) is 0 Å². The molecule has 1 aromatic carbocycles. The maximum absolute atomic E-state index is 11.7. The summed E-state index contributed by atoms with van der Waals surface area (Å²) in [6.45, 7) is 0.756. The van der Waals surface area contributed by atoms with Gasteiger partial charge in [-0.2, -0.15) is 0 Å². The molecular formula is C15H15N3O5-2. The van der Waals surface area contributed by atoms with Crippen LogP contribution >= 0.6 is 0 Å². The highest BCUT2D eigenvalue weighted by atomic mass is 16.4. The van der Waals surface area contributed by atoms with Crippen molar-refractivity contribution in [1.29, 1.82) is 0 Å². The lowest BCUT2D eigenvalue weighted by Gasteiger charge is -2.22. The van der Waals surface area contributed by atoms with Crippen molar-refractivity contribution in [3.63, 3.8) is 0 Å². The molecule has 1 aliphatic rings. The maximum atomic E-state index is 11.7. The minimum Gasteiger partial charge on any atom is -0.545 e. The van der Waals surface area contributed by atoms with Crippen LogP contribution in [-0.2, 0) is 22.6 Å². The van der Waals surface area contributed by atoms with Crippen molar-refractivity contribution in [2.75, 3.05) is 7.05 Å². The highest BCUT2D eigenvalue weighted by molar-refractivity contribution is 5.87. The van der Waals surface area contributed by atoms with Crippen molar-refractivity contribution in [1.82, 2.24) is 14.9 Å². The van der Waals surface area contributed by atoms with Crippen molar-refractivity contribution >= 4 is 23.0 Å². The molecule has 8 nitrogen and oxygen atoms in total. The predicted molar refractivity (Wildman–Crippen MR) is 78.3 cm³/mol. The van der Waals surface area contributed by atoms with Gasteiger partial charge in [-0.25, -0.2) is 4.79 Å². The molecule has 0 amide bonds. The van der Waals surface area contributed by atoms with Crippen molar-refractivity contribution < 1.29 is 19.8 Å². The zero-order valence-corrected chi connectivity index (χ0v) is 12.4. The van der Waals surface area contributed by atoms with Gasteiger partial charge in [0.15, 0.2) is 0 Å². The first-order chi connectivity index (χ1) is 10.9. The molecule has 0 fully saturated rings. The number of nitrogens with one attached hydrogen (secondary N) is 2. The largest absolute Gasteiger partial charge is 0.545 e. The van der Waals surface area contributed by atoms with Gasteiger partial charge in [0.2, 0.25) is 0 Å². The Kier molecular flexibility index (Phi) is 4.97. The van der Waals surface area contributed by atoms with Gasteiger partial charge in [0.05, 0.1) is 23.0 Å². The fraction of sp³-hybridized carbons (Fsp3) is 0.267. The lowest BCUT2D eigenvalue weighted by Crippen LogP contribution is -2.38. The maximum Gasteiger partial charge on any atom is 0.326 e. The van der Waals surface area contributed by atoms with Gasteiger partial charge in [0.25, 0.3) is 0 Å². The third-order valence-electron chi connectivity index (χ3n) is 3.51. The summed E-state index contributed by atoms with van der Waals surface area (Å²) < 4.78 is 1.83. The number of H-pyrrole nitrogens is 1. The summed E-state index contributed by atoms with van der Waals surface area (Å²) in [5.41, 5.74) is 3.27. The first-order valence-corrected chi connectivity index (χ1v) is 6.90. The van der Waals surface area contributed by atoms with Gasteiger partial charge in [-0.15, -0.1) is 0 Å². The first kappa shape index (κ1) is 16.5. The number of carbonyl (C=O) groups excluding carboxylic acids is 2. The fourth-order valence-electron chi connectivity index (χ4n) is 2.51. The molecule has 0 saturated carbocycles. The van der Waals surface area contributed by atoms with Crippen molar-refractivity contribution in [2.24, 2.45) is 0 Å². The molecule has 0 spiro atoms. The Labute approximate surface area is 131 Å². The monoisotopic (exact) mass is 317 g/mol. The van der Waals surface area contributed by atoms with E-state index in [4.69, 9.17) is 0 Å². The summed E-state index contributed by atoms with van der Waals surface area (Å²) >= 11 is 0. The third-order valence-corrected chi connectivity index (χ3v) is 3.51. The number of rotatable bonds is 3. The number of aromatic amines is 1. The molecule has 3 rings (SSSR count). The second kappa shape index (κ2) is 6.93. The quantitative estimate of drug-likeness (QED) is 0.603. The highest BCUT2D eigenvalue weighted by Crippen LogP contribution is 2.22. The van der Waals surface area contributed by atoms with Crippen LogP contribution in [0.25, 0.3) is 11.0 Å². The number of likely N-dealkylation sites (N-methyl/N-ethyl adjacent to an activating group) is 1. The molecule has 0 saturated heterocycles. The van der Waals surface area contributed by atoms with E-state index < -0.39 is 11.9 Å². The molecule has 8 heteroatoms. The normalized spacial score (nSPS) is 16.1. The third kappa shape index (κ3) is 3.86. The number of carbonyl (C=O) groups is 2. The van der Waals surface area contributed by atoms with E-state index in [0.717, 1.165) is 24.0 Å². The number of hydrogen-bond donors (Lipinski definition) is 2. The Morgan fingerprint density at radius 2 is 1.96 bits per heavy atom. The number of hydrogen-bond acceptors (Lipinski definition) is 6. The van der Waals surface area contributed by atoms with Crippen molar-refractivity contribution in [3.05, 3.63) is 46.4 Å². The van der Waals surface area contributed by atoms with Crippen LogP contribution in [0.5, 0.6) is 0 Å². The van der Waals surface area contributed by atoms with E-state index >= 15 is 0 Å². The Morgan fingerprint density at radius 1 is 1.30 bits per heavy atom. The fourth-order valence-corrected chi connectivity index (χ4v) is 2.51. The van der Waals surface area contributed by atoms with E-state index in [1.807, 2.05) is 23.7 Å². The second-order valence-corrected chi connectivity index (χ2v) is 5.02. The predicted octanol–water partition coefficient (Wildman–Crippen LogP) is -2.48. The Bertz CT molecular complexity index is 802. The molecule has 23 heavy (non-hydrogen) atoms. The van der Waals surface area contributed by atoms with Gasteiger partial charge in [0.1, 0.15) is 0 Å². The van der Waals surface area contributed by atoms with Crippen molar-refractivity contribution in [2.45, 2.75) is 19.0 Å². The van der Waals surface area contributed by atoms with E-state index in [-0.39, 0.29) is 5.69 Å². The van der Waals surface area contributed by atoms with Crippen LogP contribution in [-0.4, -0.2) is 34.6 Å². The Hall–Kier alpha value is -2.87. The minimum absolute atomic E-state index is 0.00241. The SMILES string of the molecule is CN[C@@H]1Cc2cccc3[nH]c(=O)n(c23)C1.O=C([O-])/C=C\C(=O)[O-]. The highest BCUT2D eigenvalue weighted by Gasteiger charge is 2.21. The smallest absolute Gasteiger partial charge is 0.326 e. The summed E-state index contributed by atoms with van der Waals surface area (Å²) in [5.74, 6) is -3.09. The molecule has 2 heterocycles. The number of aromatic nitrogens is 2. The molecule has 0 aliphatic carbocycles. The van der Waals surface area contributed by atoms with Crippen LogP contribution in [0.1, 0.15) is 5.56 Å². The second-order valence-electron chi connectivity index (χ2n) is 5.02. The van der Waals surface area contributed by atoms with Gasteiger partial charge in [-0.05, 0) is 37.3 Å². The zero-order chi connectivity index (χ0) is 17.0. The molecule has 0 unspecified atom stereocenters. The van der Waals surface area contributed by atoms with Crippen LogP contribution in [0.15, 0.2) is 35.1 Å². The Morgan fingerprint density at radius 3 is 2.52 bits per heavy atom. The number of imidazole rings is 1. The molecule has 0 bridgehead atoms. The van der Waals surface area contributed by atoms with Gasteiger partial charge < -0.3 is 30.1 Å². The van der Waals surface area contributed by atoms with Crippen molar-refractivity contribution in [3.8, 4) is 0 Å². The van der Waals surface area contributed by atoms with Gasteiger partial charge in [-0.1, -0.05) is 12.1 Å². The lowest BCUT2D eigenvalue weighted by atomic mass is 10.0. The molecule has 0 radical (unpaired) electrons. The van der Waals surface area contributed by atoms with Crippen LogP contribution < -0.4 is 21.2 Å². The number of para-hydroxylation sites is 1. The number of carboxylic acid groups (broad SMARTS) is 2. The molecule has 2 aromatic rings. The number of aliphatic carboxylic acids is 2. The van der Waals surface area contributed by atoms with Gasteiger partial charge in [-0.3, -0.25) is 4.57 Å². The molecule has 2 N–H and O–H groups in total. The Balaban J connectivity index is 0.000000207. The van der Waals surface area contributed by atoms with E-state index in [2.05, 4.69) is 16.4 Å². The average molecular weight is 317 g/mol. The standard InChI is InChI=1S/C11H13N3O.C4H4O4/c1-12-8-5-7-3-2-4-9-10(7)14(6-8)11(15)13-9;5-3(6)1-2-4(7)8/h2-4,8,12H,5-6H2,1H3,(H,13,15);1-2H,(H,5,6)(H,7,8)/p-2/b;2-1-/t8-;/m1./s1. The molecule has 1 aliphatic heterocycles. The summed E-state index contributed by atoms with van der Waals surface area (Å²) in [4.78, 5) is 33.4.